The van der Waals surface area contributed by atoms with Gasteiger partial charge in [0.05, 0.1) is 16.6 Å². The van der Waals surface area contributed by atoms with Crippen LogP contribution in [0.5, 0.6) is 11.5 Å². The van der Waals surface area contributed by atoms with Crippen LogP contribution in [0.2, 0.25) is 0 Å². The molecule has 2 aromatic rings. The zero-order chi connectivity index (χ0) is 19.3. The zero-order valence-electron chi connectivity index (χ0n) is 13.2. The molecule has 0 bridgehead atoms. The lowest BCUT2D eigenvalue weighted by atomic mass is 10.1. The first-order valence-electron chi connectivity index (χ1n) is 7.16. The molecule has 0 radical (unpaired) electrons. The van der Waals surface area contributed by atoms with E-state index in [4.69, 9.17) is 14.9 Å². The fourth-order valence-corrected chi connectivity index (χ4v) is 2.07. The number of aliphatic carboxylic acids is 2. The Hall–Kier alpha value is -3.88. The first-order valence-corrected chi connectivity index (χ1v) is 7.16. The predicted octanol–water partition coefficient (Wildman–Crippen LogP) is 2.43. The molecule has 26 heavy (non-hydrogen) atoms. The van der Waals surface area contributed by atoms with Gasteiger partial charge in [-0.25, -0.2) is 9.59 Å². The highest BCUT2D eigenvalue weighted by Gasteiger charge is 2.22. The Labute approximate surface area is 146 Å². The second kappa shape index (κ2) is 7.79. The third-order valence-corrected chi connectivity index (χ3v) is 3.30. The summed E-state index contributed by atoms with van der Waals surface area (Å²) in [6.45, 7) is 0.0379. The lowest BCUT2D eigenvalue weighted by Gasteiger charge is -2.09. The number of rotatable bonds is 7. The van der Waals surface area contributed by atoms with Crippen molar-refractivity contribution in [3.05, 3.63) is 69.3 Å². The van der Waals surface area contributed by atoms with Gasteiger partial charge < -0.3 is 20.1 Å². The van der Waals surface area contributed by atoms with Crippen LogP contribution in [-0.2, 0) is 16.2 Å². The molecule has 3 N–H and O–H groups in total. The van der Waals surface area contributed by atoms with Crippen molar-refractivity contribution in [1.29, 1.82) is 0 Å². The molecule has 9 nitrogen and oxygen atoms in total. The highest BCUT2D eigenvalue weighted by atomic mass is 16.6. The van der Waals surface area contributed by atoms with Crippen LogP contribution in [0.3, 0.4) is 0 Å². The minimum atomic E-state index is -1.77. The third kappa shape index (κ3) is 4.35. The fourth-order valence-electron chi connectivity index (χ4n) is 2.07. The van der Waals surface area contributed by atoms with Crippen molar-refractivity contribution in [2.45, 2.75) is 6.61 Å². The molecule has 0 aliphatic rings. The summed E-state index contributed by atoms with van der Waals surface area (Å²) in [7, 11) is 0. The maximum absolute atomic E-state index is 11.2. The topological polar surface area (TPSA) is 147 Å². The Kier molecular flexibility index (Phi) is 5.53. The summed E-state index contributed by atoms with van der Waals surface area (Å²) in [5.41, 5.74) is -1.30. The molecule has 0 aliphatic heterocycles. The number of aromatic hydroxyl groups is 1. The van der Waals surface area contributed by atoms with E-state index in [2.05, 4.69) is 0 Å². The number of nitro groups is 1. The van der Waals surface area contributed by atoms with Gasteiger partial charge in [-0.2, -0.15) is 0 Å². The molecule has 0 aromatic heterocycles. The number of benzene rings is 2. The molecule has 9 heteroatoms. The molecule has 0 unspecified atom stereocenters. The largest absolute Gasteiger partial charge is 0.504 e. The lowest BCUT2D eigenvalue weighted by Crippen LogP contribution is -2.11. The number of phenolic OH excluding ortho intramolecular Hbond substituents is 1. The molecule has 0 heterocycles. The van der Waals surface area contributed by atoms with Crippen LogP contribution in [0, 0.1) is 10.1 Å². The number of nitro benzene ring substituents is 1. The first-order chi connectivity index (χ1) is 12.3. The van der Waals surface area contributed by atoms with Crippen LogP contribution < -0.4 is 4.74 Å². The molecule has 0 atom stereocenters. The minimum Gasteiger partial charge on any atom is -0.504 e. The van der Waals surface area contributed by atoms with Crippen LogP contribution in [0.1, 0.15) is 11.1 Å². The molecule has 0 saturated heterocycles. The number of ether oxygens (including phenoxy) is 1. The smallest absolute Gasteiger partial charge is 0.343 e. The molecule has 0 spiro atoms. The van der Waals surface area contributed by atoms with Crippen LogP contribution in [-0.4, -0.2) is 32.2 Å². The van der Waals surface area contributed by atoms with E-state index < -0.39 is 33.9 Å². The first kappa shape index (κ1) is 18.5. The number of carbonyl (C=O) groups is 2. The molecule has 2 aromatic carbocycles. The highest BCUT2D eigenvalue weighted by Crippen LogP contribution is 2.35. The summed E-state index contributed by atoms with van der Waals surface area (Å²) in [5.74, 6) is -4.22. The maximum Gasteiger partial charge on any atom is 0.343 e. The molecule has 0 amide bonds. The van der Waals surface area contributed by atoms with E-state index in [1.807, 2.05) is 0 Å². The monoisotopic (exact) mass is 359 g/mol. The molecule has 0 aliphatic carbocycles. The van der Waals surface area contributed by atoms with Gasteiger partial charge >= 0.3 is 11.9 Å². The summed E-state index contributed by atoms with van der Waals surface area (Å²) in [6.07, 6.45) is 0.601. The summed E-state index contributed by atoms with van der Waals surface area (Å²) in [6, 6.07) is 10.6. The van der Waals surface area contributed by atoms with Crippen LogP contribution >= 0.6 is 0 Å². The van der Waals surface area contributed by atoms with Gasteiger partial charge in [-0.05, 0) is 17.7 Å². The third-order valence-electron chi connectivity index (χ3n) is 3.30. The predicted molar refractivity (Wildman–Crippen MR) is 88.8 cm³/mol. The van der Waals surface area contributed by atoms with Gasteiger partial charge in [0.25, 0.3) is 5.69 Å². The van der Waals surface area contributed by atoms with Crippen molar-refractivity contribution in [3.63, 3.8) is 0 Å². The molecule has 0 saturated carbocycles. The zero-order valence-corrected chi connectivity index (χ0v) is 13.2. The van der Waals surface area contributed by atoms with E-state index in [-0.39, 0.29) is 17.9 Å². The molecular weight excluding hydrogens is 346 g/mol. The van der Waals surface area contributed by atoms with E-state index in [1.165, 1.54) is 0 Å². The summed E-state index contributed by atoms with van der Waals surface area (Å²) in [5, 5.41) is 38.9. The van der Waals surface area contributed by atoms with Gasteiger partial charge in [-0.15, -0.1) is 0 Å². The Bertz CT molecular complexity index is 873. The maximum atomic E-state index is 11.2. The van der Waals surface area contributed by atoms with Crippen molar-refractivity contribution in [1.82, 2.24) is 0 Å². The Morgan fingerprint density at radius 2 is 1.73 bits per heavy atom. The second-order valence-electron chi connectivity index (χ2n) is 5.08. The Morgan fingerprint density at radius 1 is 1.12 bits per heavy atom. The number of phenols is 1. The summed E-state index contributed by atoms with van der Waals surface area (Å²) in [4.78, 5) is 32.3. The normalized spacial score (nSPS) is 10.0. The molecule has 2 rings (SSSR count). The van der Waals surface area contributed by atoms with Gasteiger partial charge in [-0.3, -0.25) is 10.1 Å². The van der Waals surface area contributed by atoms with Crippen LogP contribution in [0.4, 0.5) is 5.69 Å². The van der Waals surface area contributed by atoms with E-state index in [0.717, 1.165) is 17.7 Å². The number of hydrogen-bond donors (Lipinski definition) is 3. The molecule has 134 valence electrons. The van der Waals surface area contributed by atoms with Gasteiger partial charge in [-0.1, -0.05) is 30.3 Å². The summed E-state index contributed by atoms with van der Waals surface area (Å²) >= 11 is 0. The molecular formula is C17H13NO8. The van der Waals surface area contributed by atoms with Crippen molar-refractivity contribution >= 4 is 23.7 Å². The standard InChI is InChI=1S/C17H13NO8/c19-14-7-11(6-12(16(20)21)17(22)23)13(18(24)25)8-15(14)26-9-10-4-2-1-3-5-10/h1-8,19H,9H2,(H,20,21)(H,22,23). The van der Waals surface area contributed by atoms with Gasteiger partial charge in [0, 0.05) is 0 Å². The van der Waals surface area contributed by atoms with Gasteiger partial charge in [0.1, 0.15) is 12.2 Å². The van der Waals surface area contributed by atoms with Gasteiger partial charge in [0.2, 0.25) is 0 Å². The number of nitrogens with zero attached hydrogens (tertiary/aromatic N) is 1. The van der Waals surface area contributed by atoms with E-state index in [9.17, 15) is 24.8 Å². The Balaban J connectivity index is 2.41. The van der Waals surface area contributed by atoms with Crippen LogP contribution in [0.25, 0.3) is 6.08 Å². The second-order valence-corrected chi connectivity index (χ2v) is 5.08. The van der Waals surface area contributed by atoms with Crippen LogP contribution in [0.15, 0.2) is 48.0 Å². The lowest BCUT2D eigenvalue weighted by molar-refractivity contribution is -0.385. The van der Waals surface area contributed by atoms with Crippen molar-refractivity contribution in [2.24, 2.45) is 0 Å². The number of carboxylic acid groups (broad SMARTS) is 2. The average Bonchev–Trinajstić information content (AvgIpc) is 2.58. The number of carboxylic acids is 2. The Morgan fingerprint density at radius 3 is 2.27 bits per heavy atom. The van der Waals surface area contributed by atoms with Crippen molar-refractivity contribution < 1.29 is 34.6 Å². The number of hydrogen-bond acceptors (Lipinski definition) is 6. The quantitative estimate of drug-likeness (QED) is 0.224. The fraction of sp³-hybridized carbons (Fsp3) is 0.0588. The van der Waals surface area contributed by atoms with Gasteiger partial charge in [0.15, 0.2) is 11.5 Å². The van der Waals surface area contributed by atoms with E-state index >= 15 is 0 Å². The highest BCUT2D eigenvalue weighted by molar-refractivity contribution is 6.16. The van der Waals surface area contributed by atoms with Crippen molar-refractivity contribution in [2.75, 3.05) is 0 Å². The molecule has 0 fully saturated rings. The minimum absolute atomic E-state index is 0.0379. The average molecular weight is 359 g/mol. The van der Waals surface area contributed by atoms with E-state index in [1.54, 1.807) is 30.3 Å². The van der Waals surface area contributed by atoms with E-state index in [0.29, 0.717) is 6.08 Å². The van der Waals surface area contributed by atoms with Crippen molar-refractivity contribution in [3.8, 4) is 11.5 Å². The summed E-state index contributed by atoms with van der Waals surface area (Å²) < 4.78 is 5.36. The SMILES string of the molecule is O=C(O)C(=Cc1cc(O)c(OCc2ccccc2)cc1[N+](=O)[O-])C(=O)O.